The van der Waals surface area contributed by atoms with Gasteiger partial charge in [-0.3, -0.25) is 9.59 Å². The van der Waals surface area contributed by atoms with Gasteiger partial charge in [0.05, 0.1) is 26.1 Å². The third-order valence-electron chi connectivity index (χ3n) is 3.59. The first-order chi connectivity index (χ1) is 11.6. The summed E-state index contributed by atoms with van der Waals surface area (Å²) < 4.78 is 10.1. The van der Waals surface area contributed by atoms with Crippen molar-refractivity contribution in [2.45, 2.75) is 26.7 Å². The van der Waals surface area contributed by atoms with E-state index in [2.05, 4.69) is 0 Å². The average molecular weight is 326 g/mol. The van der Waals surface area contributed by atoms with Crippen molar-refractivity contribution in [2.75, 3.05) is 13.2 Å². The fourth-order valence-electron chi connectivity index (χ4n) is 2.51. The predicted octanol–water partition coefficient (Wildman–Crippen LogP) is 3.56. The Morgan fingerprint density at radius 1 is 0.750 bits per heavy atom. The molecular weight excluding hydrogens is 304 g/mol. The Morgan fingerprint density at radius 2 is 1.33 bits per heavy atom. The van der Waals surface area contributed by atoms with E-state index in [1.54, 1.807) is 13.8 Å². The second-order valence-electron chi connectivity index (χ2n) is 5.31. The van der Waals surface area contributed by atoms with Crippen LogP contribution in [-0.4, -0.2) is 25.2 Å². The normalized spacial score (nSPS) is 10.2. The molecule has 0 aliphatic heterocycles. The van der Waals surface area contributed by atoms with Gasteiger partial charge in [0.15, 0.2) is 0 Å². The maximum absolute atomic E-state index is 11.9. The molecule has 0 bridgehead atoms. The first-order valence-electron chi connectivity index (χ1n) is 8.12. The van der Waals surface area contributed by atoms with Crippen molar-refractivity contribution in [3.8, 4) is 11.1 Å². The number of esters is 2. The van der Waals surface area contributed by atoms with E-state index in [0.717, 1.165) is 22.3 Å². The summed E-state index contributed by atoms with van der Waals surface area (Å²) in [6, 6.07) is 15.7. The maximum Gasteiger partial charge on any atom is 0.310 e. The second-order valence-corrected chi connectivity index (χ2v) is 5.31. The summed E-state index contributed by atoms with van der Waals surface area (Å²) in [5, 5.41) is 0. The summed E-state index contributed by atoms with van der Waals surface area (Å²) in [5.74, 6) is -0.595. The third-order valence-corrected chi connectivity index (χ3v) is 3.59. The lowest BCUT2D eigenvalue weighted by atomic mass is 9.96. The van der Waals surface area contributed by atoms with E-state index in [0.29, 0.717) is 13.2 Å². The van der Waals surface area contributed by atoms with Crippen LogP contribution in [0.2, 0.25) is 0 Å². The number of rotatable bonds is 7. The zero-order valence-electron chi connectivity index (χ0n) is 14.1. The number of hydrogen-bond acceptors (Lipinski definition) is 4. The molecule has 2 rings (SSSR count). The van der Waals surface area contributed by atoms with Gasteiger partial charge in [0.25, 0.3) is 0 Å². The molecule has 0 unspecified atom stereocenters. The van der Waals surface area contributed by atoms with Crippen molar-refractivity contribution in [3.63, 3.8) is 0 Å². The lowest BCUT2D eigenvalue weighted by molar-refractivity contribution is -0.143. The van der Waals surface area contributed by atoms with Crippen LogP contribution in [0.15, 0.2) is 48.5 Å². The van der Waals surface area contributed by atoms with Gasteiger partial charge < -0.3 is 9.47 Å². The molecule has 0 atom stereocenters. The number of carbonyl (C=O) groups is 2. The highest BCUT2D eigenvalue weighted by Gasteiger charge is 2.14. The zero-order chi connectivity index (χ0) is 17.4. The quantitative estimate of drug-likeness (QED) is 0.730. The first kappa shape index (κ1) is 17.7. The van der Waals surface area contributed by atoms with E-state index in [-0.39, 0.29) is 24.8 Å². The van der Waals surface area contributed by atoms with E-state index in [1.807, 2.05) is 48.5 Å². The molecule has 4 nitrogen and oxygen atoms in total. The standard InChI is InChI=1S/C20H22O4/c1-3-23-19(21)13-17-11-10-16(15-8-6-5-7-9-15)12-18(17)14-20(22)24-4-2/h5-12H,3-4,13-14H2,1-2H3. The molecule has 24 heavy (non-hydrogen) atoms. The van der Waals surface area contributed by atoms with Crippen LogP contribution in [0.3, 0.4) is 0 Å². The van der Waals surface area contributed by atoms with E-state index in [1.165, 1.54) is 0 Å². The highest BCUT2D eigenvalue weighted by Crippen LogP contribution is 2.23. The molecule has 2 aromatic rings. The number of hydrogen-bond donors (Lipinski definition) is 0. The SMILES string of the molecule is CCOC(=O)Cc1ccc(-c2ccccc2)cc1CC(=O)OCC. The largest absolute Gasteiger partial charge is 0.466 e. The van der Waals surface area contributed by atoms with E-state index >= 15 is 0 Å². The second kappa shape index (κ2) is 8.87. The molecule has 0 aliphatic rings. The molecule has 0 radical (unpaired) electrons. The summed E-state index contributed by atoms with van der Waals surface area (Å²) in [6.45, 7) is 4.23. The van der Waals surface area contributed by atoms with Gasteiger partial charge in [-0.15, -0.1) is 0 Å². The van der Waals surface area contributed by atoms with Crippen molar-refractivity contribution in [3.05, 3.63) is 59.7 Å². The molecular formula is C20H22O4. The fraction of sp³-hybridized carbons (Fsp3) is 0.300. The lowest BCUT2D eigenvalue weighted by Crippen LogP contribution is -2.13. The summed E-state index contributed by atoms with van der Waals surface area (Å²) in [7, 11) is 0. The van der Waals surface area contributed by atoms with Gasteiger partial charge in [-0.2, -0.15) is 0 Å². The third kappa shape index (κ3) is 4.95. The molecule has 126 valence electrons. The van der Waals surface area contributed by atoms with Crippen molar-refractivity contribution in [1.82, 2.24) is 0 Å². The summed E-state index contributed by atoms with van der Waals surface area (Å²) in [6.07, 6.45) is 0.293. The van der Waals surface area contributed by atoms with Crippen LogP contribution in [-0.2, 0) is 31.9 Å². The Bertz CT molecular complexity index is 692. The molecule has 0 amide bonds. The van der Waals surface area contributed by atoms with Crippen LogP contribution in [0.1, 0.15) is 25.0 Å². The van der Waals surface area contributed by atoms with Gasteiger partial charge in [0.2, 0.25) is 0 Å². The molecule has 0 aliphatic carbocycles. The molecule has 0 fully saturated rings. The van der Waals surface area contributed by atoms with Crippen molar-refractivity contribution >= 4 is 11.9 Å². The molecule has 0 spiro atoms. The van der Waals surface area contributed by atoms with E-state index < -0.39 is 0 Å². The van der Waals surface area contributed by atoms with Crippen LogP contribution in [0.4, 0.5) is 0 Å². The molecule has 0 N–H and O–H groups in total. The Labute approximate surface area is 142 Å². The number of carbonyl (C=O) groups excluding carboxylic acids is 2. The monoisotopic (exact) mass is 326 g/mol. The van der Waals surface area contributed by atoms with Gasteiger partial charge >= 0.3 is 11.9 Å². The zero-order valence-corrected chi connectivity index (χ0v) is 14.1. The van der Waals surface area contributed by atoms with Gasteiger partial charge in [-0.25, -0.2) is 0 Å². The van der Waals surface area contributed by atoms with E-state index in [9.17, 15) is 9.59 Å². The number of benzene rings is 2. The van der Waals surface area contributed by atoms with E-state index in [4.69, 9.17) is 9.47 Å². The van der Waals surface area contributed by atoms with Crippen LogP contribution in [0, 0.1) is 0 Å². The van der Waals surface area contributed by atoms with Crippen molar-refractivity contribution < 1.29 is 19.1 Å². The Morgan fingerprint density at radius 3 is 1.92 bits per heavy atom. The maximum atomic E-state index is 11.9. The highest BCUT2D eigenvalue weighted by atomic mass is 16.5. The minimum atomic E-state index is -0.298. The lowest BCUT2D eigenvalue weighted by Gasteiger charge is -2.12. The van der Waals surface area contributed by atoms with Crippen molar-refractivity contribution in [1.29, 1.82) is 0 Å². The van der Waals surface area contributed by atoms with Gasteiger partial charge in [-0.1, -0.05) is 48.5 Å². The molecule has 0 saturated heterocycles. The molecule has 4 heteroatoms. The smallest absolute Gasteiger partial charge is 0.310 e. The average Bonchev–Trinajstić information content (AvgIpc) is 2.57. The fourth-order valence-corrected chi connectivity index (χ4v) is 2.51. The minimum Gasteiger partial charge on any atom is -0.466 e. The topological polar surface area (TPSA) is 52.6 Å². The Balaban J connectivity index is 2.32. The van der Waals surface area contributed by atoms with Crippen LogP contribution in [0.5, 0.6) is 0 Å². The van der Waals surface area contributed by atoms with Gasteiger partial charge in [0.1, 0.15) is 0 Å². The van der Waals surface area contributed by atoms with Gasteiger partial charge in [0, 0.05) is 0 Å². The Hall–Kier alpha value is -2.62. The minimum absolute atomic E-state index is 0.142. The summed E-state index contributed by atoms with van der Waals surface area (Å²) >= 11 is 0. The van der Waals surface area contributed by atoms with Crippen LogP contribution in [0.25, 0.3) is 11.1 Å². The summed E-state index contributed by atoms with van der Waals surface area (Å²) in [4.78, 5) is 23.7. The molecule has 0 heterocycles. The molecule has 0 saturated carbocycles. The Kier molecular flexibility index (Phi) is 6.55. The van der Waals surface area contributed by atoms with Gasteiger partial charge in [-0.05, 0) is 36.1 Å². The number of ether oxygens (including phenoxy) is 2. The molecule has 0 aromatic heterocycles. The van der Waals surface area contributed by atoms with Crippen molar-refractivity contribution in [2.24, 2.45) is 0 Å². The van der Waals surface area contributed by atoms with Crippen LogP contribution < -0.4 is 0 Å². The predicted molar refractivity (Wildman–Crippen MR) is 92.6 cm³/mol. The highest BCUT2D eigenvalue weighted by molar-refractivity contribution is 5.78. The summed E-state index contributed by atoms with van der Waals surface area (Å²) in [5.41, 5.74) is 3.65. The van der Waals surface area contributed by atoms with Crippen LogP contribution >= 0.6 is 0 Å². The first-order valence-corrected chi connectivity index (χ1v) is 8.12. The molecule has 2 aromatic carbocycles.